The Morgan fingerprint density at radius 3 is 2.50 bits per heavy atom. The molecular formula is C16H22N2O2. The van der Waals surface area contributed by atoms with E-state index in [9.17, 15) is 9.59 Å². The summed E-state index contributed by atoms with van der Waals surface area (Å²) in [6, 6.07) is 9.04. The van der Waals surface area contributed by atoms with E-state index >= 15 is 0 Å². The second-order valence-corrected chi connectivity index (χ2v) is 5.43. The van der Waals surface area contributed by atoms with Crippen molar-refractivity contribution in [1.82, 2.24) is 10.2 Å². The summed E-state index contributed by atoms with van der Waals surface area (Å²) in [7, 11) is 0. The van der Waals surface area contributed by atoms with Crippen molar-refractivity contribution in [3.8, 4) is 0 Å². The molecule has 4 heteroatoms. The third-order valence-electron chi connectivity index (χ3n) is 4.01. The number of carbonyl (C=O) groups is 2. The third-order valence-corrected chi connectivity index (χ3v) is 4.01. The highest BCUT2D eigenvalue weighted by Crippen LogP contribution is 2.18. The minimum absolute atomic E-state index is 0.0234. The van der Waals surface area contributed by atoms with Crippen LogP contribution in [-0.2, 0) is 16.0 Å². The van der Waals surface area contributed by atoms with Gasteiger partial charge in [0.2, 0.25) is 11.8 Å². The first-order valence-corrected chi connectivity index (χ1v) is 7.21. The molecule has 3 unspecified atom stereocenters. The largest absolute Gasteiger partial charge is 0.342 e. The summed E-state index contributed by atoms with van der Waals surface area (Å²) in [6.45, 7) is 5.81. The van der Waals surface area contributed by atoms with Crippen LogP contribution in [0.25, 0.3) is 0 Å². The Hall–Kier alpha value is -1.84. The Balaban J connectivity index is 2.18. The van der Waals surface area contributed by atoms with Crippen LogP contribution >= 0.6 is 0 Å². The van der Waals surface area contributed by atoms with Crippen LogP contribution in [0.5, 0.6) is 0 Å². The van der Waals surface area contributed by atoms with Gasteiger partial charge >= 0.3 is 0 Å². The van der Waals surface area contributed by atoms with Crippen molar-refractivity contribution in [2.45, 2.75) is 51.7 Å². The quantitative estimate of drug-likeness (QED) is 0.909. The number of nitrogens with one attached hydrogen (secondary N) is 1. The van der Waals surface area contributed by atoms with E-state index in [1.807, 2.05) is 44.2 Å². The number of hydrogen-bond donors (Lipinski definition) is 1. The molecule has 1 aromatic carbocycles. The number of amides is 2. The lowest BCUT2D eigenvalue weighted by Gasteiger charge is -2.40. The van der Waals surface area contributed by atoms with Gasteiger partial charge in [-0.15, -0.1) is 0 Å². The molecule has 108 valence electrons. The van der Waals surface area contributed by atoms with Crippen molar-refractivity contribution in [3.63, 3.8) is 0 Å². The fourth-order valence-electron chi connectivity index (χ4n) is 2.63. The van der Waals surface area contributed by atoms with Crippen LogP contribution in [0.4, 0.5) is 0 Å². The monoisotopic (exact) mass is 274 g/mol. The molecule has 2 rings (SSSR count). The third kappa shape index (κ3) is 2.84. The average Bonchev–Trinajstić information content (AvgIpc) is 2.45. The highest BCUT2D eigenvalue weighted by molar-refractivity contribution is 5.97. The Labute approximate surface area is 120 Å². The number of carbonyl (C=O) groups excluding carboxylic acids is 2. The molecule has 0 aliphatic carbocycles. The van der Waals surface area contributed by atoms with Crippen molar-refractivity contribution in [2.75, 3.05) is 0 Å². The molecule has 0 spiro atoms. The number of piperazine rings is 1. The second-order valence-electron chi connectivity index (χ2n) is 5.43. The zero-order valence-corrected chi connectivity index (χ0v) is 12.3. The molecule has 4 nitrogen and oxygen atoms in total. The molecule has 1 heterocycles. The van der Waals surface area contributed by atoms with Crippen molar-refractivity contribution < 1.29 is 9.59 Å². The summed E-state index contributed by atoms with van der Waals surface area (Å²) in [5, 5.41) is 2.84. The first-order chi connectivity index (χ1) is 9.54. The van der Waals surface area contributed by atoms with Gasteiger partial charge in [0.05, 0.1) is 0 Å². The lowest BCUT2D eigenvalue weighted by atomic mass is 9.99. The summed E-state index contributed by atoms with van der Waals surface area (Å²) >= 11 is 0. The van der Waals surface area contributed by atoms with Crippen LogP contribution in [0.1, 0.15) is 32.8 Å². The Bertz CT molecular complexity index is 487. The average molecular weight is 274 g/mol. The molecule has 1 aliphatic rings. The predicted octanol–water partition coefficient (Wildman–Crippen LogP) is 1.74. The first kappa shape index (κ1) is 14.6. The van der Waals surface area contributed by atoms with Gasteiger partial charge in [-0.2, -0.15) is 0 Å². The molecule has 0 radical (unpaired) electrons. The molecule has 3 atom stereocenters. The lowest BCUT2D eigenvalue weighted by Crippen LogP contribution is -2.64. The number of rotatable bonds is 4. The molecule has 1 saturated heterocycles. The second kappa shape index (κ2) is 6.07. The van der Waals surface area contributed by atoms with Crippen LogP contribution in [0, 0.1) is 0 Å². The Kier molecular flexibility index (Phi) is 4.42. The minimum atomic E-state index is -0.449. The van der Waals surface area contributed by atoms with E-state index in [1.54, 1.807) is 11.8 Å². The highest BCUT2D eigenvalue weighted by atomic mass is 16.2. The number of nitrogens with zero attached hydrogens (tertiary/aromatic N) is 1. The van der Waals surface area contributed by atoms with Crippen LogP contribution in [0.2, 0.25) is 0 Å². The normalized spacial score (nSPS) is 24.4. The van der Waals surface area contributed by atoms with Crippen molar-refractivity contribution >= 4 is 11.8 Å². The molecule has 1 aromatic rings. The fourth-order valence-corrected chi connectivity index (χ4v) is 2.63. The molecule has 0 saturated carbocycles. The summed E-state index contributed by atoms with van der Waals surface area (Å²) in [4.78, 5) is 26.4. The lowest BCUT2D eigenvalue weighted by molar-refractivity contribution is -0.151. The summed E-state index contributed by atoms with van der Waals surface area (Å²) < 4.78 is 0. The molecular weight excluding hydrogens is 252 g/mol. The van der Waals surface area contributed by atoms with Crippen LogP contribution in [0.15, 0.2) is 30.3 Å². The Morgan fingerprint density at radius 1 is 1.25 bits per heavy atom. The molecule has 2 amide bonds. The Morgan fingerprint density at radius 2 is 1.90 bits per heavy atom. The smallest absolute Gasteiger partial charge is 0.246 e. The molecule has 1 fully saturated rings. The van der Waals surface area contributed by atoms with E-state index < -0.39 is 6.04 Å². The van der Waals surface area contributed by atoms with Crippen molar-refractivity contribution in [2.24, 2.45) is 0 Å². The molecule has 1 aliphatic heterocycles. The SMILES string of the molecule is CCC(C)N1C(=O)C(Cc2ccccc2)NC(=O)C1C. The van der Waals surface area contributed by atoms with Crippen molar-refractivity contribution in [3.05, 3.63) is 35.9 Å². The van der Waals surface area contributed by atoms with Crippen LogP contribution in [0.3, 0.4) is 0 Å². The summed E-state index contributed by atoms with van der Waals surface area (Å²) in [5.41, 5.74) is 1.06. The topological polar surface area (TPSA) is 49.4 Å². The summed E-state index contributed by atoms with van der Waals surface area (Å²) in [5.74, 6) is -0.0406. The molecule has 0 aromatic heterocycles. The standard InChI is InChI=1S/C16H22N2O2/c1-4-11(2)18-12(3)15(19)17-14(16(18)20)10-13-8-6-5-7-9-13/h5-9,11-12,14H,4,10H2,1-3H3,(H,17,19). The van der Waals surface area contributed by atoms with Gasteiger partial charge in [-0.25, -0.2) is 0 Å². The van der Waals surface area contributed by atoms with Crippen LogP contribution in [-0.4, -0.2) is 34.8 Å². The fraction of sp³-hybridized carbons (Fsp3) is 0.500. The summed E-state index contributed by atoms with van der Waals surface area (Å²) in [6.07, 6.45) is 1.40. The van der Waals surface area contributed by atoms with Gasteiger partial charge < -0.3 is 10.2 Å². The van der Waals surface area contributed by atoms with Gasteiger partial charge in [0.1, 0.15) is 12.1 Å². The van der Waals surface area contributed by atoms with E-state index in [0.717, 1.165) is 12.0 Å². The van der Waals surface area contributed by atoms with E-state index in [2.05, 4.69) is 5.32 Å². The van der Waals surface area contributed by atoms with Gasteiger partial charge in [-0.05, 0) is 25.8 Å². The minimum Gasteiger partial charge on any atom is -0.342 e. The number of hydrogen-bond acceptors (Lipinski definition) is 2. The van der Waals surface area contributed by atoms with E-state index in [1.165, 1.54) is 0 Å². The predicted molar refractivity (Wildman–Crippen MR) is 78.1 cm³/mol. The van der Waals surface area contributed by atoms with Crippen molar-refractivity contribution in [1.29, 1.82) is 0 Å². The van der Waals surface area contributed by atoms with Gasteiger partial charge in [-0.1, -0.05) is 37.3 Å². The van der Waals surface area contributed by atoms with E-state index in [0.29, 0.717) is 6.42 Å². The molecule has 20 heavy (non-hydrogen) atoms. The van der Waals surface area contributed by atoms with E-state index in [4.69, 9.17) is 0 Å². The first-order valence-electron chi connectivity index (χ1n) is 7.21. The zero-order chi connectivity index (χ0) is 14.7. The van der Waals surface area contributed by atoms with E-state index in [-0.39, 0.29) is 23.9 Å². The maximum Gasteiger partial charge on any atom is 0.246 e. The maximum absolute atomic E-state index is 12.6. The number of benzene rings is 1. The van der Waals surface area contributed by atoms with Gasteiger partial charge in [-0.3, -0.25) is 9.59 Å². The molecule has 0 bridgehead atoms. The molecule has 1 N–H and O–H groups in total. The highest BCUT2D eigenvalue weighted by Gasteiger charge is 2.39. The van der Waals surface area contributed by atoms with Crippen LogP contribution < -0.4 is 5.32 Å². The maximum atomic E-state index is 12.6. The van der Waals surface area contributed by atoms with Gasteiger partial charge in [0.25, 0.3) is 0 Å². The van der Waals surface area contributed by atoms with Gasteiger partial charge in [0, 0.05) is 12.5 Å². The van der Waals surface area contributed by atoms with Gasteiger partial charge in [0.15, 0.2) is 0 Å². The zero-order valence-electron chi connectivity index (χ0n) is 12.3.